The van der Waals surface area contributed by atoms with Crippen molar-refractivity contribution in [3.8, 4) is 0 Å². The third-order valence-corrected chi connectivity index (χ3v) is 2.61. The number of pyridine rings is 1. The summed E-state index contributed by atoms with van der Waals surface area (Å²) in [6, 6.07) is 0. The average molecular weight is 342 g/mol. The topological polar surface area (TPSA) is 91.5 Å². The molecule has 128 valence electrons. The number of aromatic nitrogens is 1. The molecule has 0 aliphatic rings. The van der Waals surface area contributed by atoms with E-state index in [9.17, 15) is 31.5 Å². The molecule has 0 unspecified atom stereocenters. The molecule has 0 fully saturated rings. The summed E-state index contributed by atoms with van der Waals surface area (Å²) < 4.78 is 73.5. The zero-order chi connectivity index (χ0) is 17.9. The molecule has 0 saturated heterocycles. The highest BCUT2D eigenvalue weighted by Crippen LogP contribution is 2.38. The maximum atomic E-state index is 13.0. The van der Waals surface area contributed by atoms with Crippen molar-refractivity contribution in [2.24, 2.45) is 0 Å². The average Bonchev–Trinajstić information content (AvgIpc) is 2.44. The Balaban J connectivity index is 3.85. The standard InChI is InChI=1S/C12H11F5N2O4/c1-3-23-11(21)5-6(18)4(10(20)22-2)7(9(13)14)19-8(5)12(15,16)17/h9H,3H2,1-2H3,(H2,18,19). The van der Waals surface area contributed by atoms with Crippen LogP contribution < -0.4 is 5.73 Å². The van der Waals surface area contributed by atoms with Gasteiger partial charge in [0.05, 0.1) is 19.4 Å². The molecular weight excluding hydrogens is 331 g/mol. The van der Waals surface area contributed by atoms with Gasteiger partial charge in [-0.3, -0.25) is 0 Å². The number of nitrogen functional groups attached to an aromatic ring is 1. The van der Waals surface area contributed by atoms with Crippen LogP contribution >= 0.6 is 0 Å². The molecule has 6 nitrogen and oxygen atoms in total. The lowest BCUT2D eigenvalue weighted by Crippen LogP contribution is -2.24. The van der Waals surface area contributed by atoms with Gasteiger partial charge in [0.1, 0.15) is 16.8 Å². The number of nitrogens with zero attached hydrogens (tertiary/aromatic N) is 1. The van der Waals surface area contributed by atoms with E-state index in [4.69, 9.17) is 5.73 Å². The van der Waals surface area contributed by atoms with Crippen molar-refractivity contribution in [3.63, 3.8) is 0 Å². The Morgan fingerprint density at radius 3 is 2.17 bits per heavy atom. The van der Waals surface area contributed by atoms with E-state index in [0.717, 1.165) is 7.11 Å². The maximum absolute atomic E-state index is 13.0. The molecule has 0 aromatic carbocycles. The number of esters is 2. The van der Waals surface area contributed by atoms with E-state index >= 15 is 0 Å². The number of hydrogen-bond acceptors (Lipinski definition) is 6. The molecule has 0 aliphatic heterocycles. The summed E-state index contributed by atoms with van der Waals surface area (Å²) in [6.07, 6.45) is -8.82. The Labute approximate surface area is 126 Å². The van der Waals surface area contributed by atoms with Crippen LogP contribution in [0.2, 0.25) is 0 Å². The Hall–Kier alpha value is -2.46. The molecule has 1 heterocycles. The Morgan fingerprint density at radius 2 is 1.78 bits per heavy atom. The molecule has 2 N–H and O–H groups in total. The number of rotatable bonds is 4. The second kappa shape index (κ2) is 6.75. The third kappa shape index (κ3) is 3.66. The largest absolute Gasteiger partial charge is 0.465 e. The fourth-order valence-electron chi connectivity index (χ4n) is 1.71. The fraction of sp³-hybridized carbons (Fsp3) is 0.417. The molecule has 1 aromatic rings. The predicted octanol–water partition coefficient (Wildman–Crippen LogP) is 2.58. The zero-order valence-electron chi connectivity index (χ0n) is 11.8. The molecule has 1 aromatic heterocycles. The van der Waals surface area contributed by atoms with Crippen molar-refractivity contribution >= 4 is 17.6 Å². The Kier molecular flexibility index (Phi) is 5.46. The van der Waals surface area contributed by atoms with Gasteiger partial charge in [-0.1, -0.05) is 0 Å². The summed E-state index contributed by atoms with van der Waals surface area (Å²) in [4.78, 5) is 26.0. The van der Waals surface area contributed by atoms with Gasteiger partial charge in [-0.05, 0) is 6.92 Å². The van der Waals surface area contributed by atoms with Gasteiger partial charge in [-0.25, -0.2) is 23.4 Å². The molecule has 0 saturated carbocycles. The second-order valence-electron chi connectivity index (χ2n) is 4.02. The number of anilines is 1. The summed E-state index contributed by atoms with van der Waals surface area (Å²) in [5, 5.41) is 0. The van der Waals surface area contributed by atoms with Gasteiger partial charge in [0.25, 0.3) is 6.43 Å². The molecular formula is C12H11F5N2O4. The minimum absolute atomic E-state index is 0.306. The number of halogens is 5. The SMILES string of the molecule is CCOC(=O)c1c(C(F)(F)F)nc(C(F)F)c(C(=O)OC)c1N. The summed E-state index contributed by atoms with van der Waals surface area (Å²) in [5.41, 5.74) is -1.70. The van der Waals surface area contributed by atoms with Gasteiger partial charge >= 0.3 is 18.1 Å². The first kappa shape index (κ1) is 18.6. The van der Waals surface area contributed by atoms with Crippen molar-refractivity contribution in [3.05, 3.63) is 22.5 Å². The van der Waals surface area contributed by atoms with E-state index in [-0.39, 0.29) is 6.61 Å². The highest BCUT2D eigenvalue weighted by molar-refractivity contribution is 6.05. The number of methoxy groups -OCH3 is 1. The predicted molar refractivity (Wildman–Crippen MR) is 65.9 cm³/mol. The van der Waals surface area contributed by atoms with Gasteiger partial charge in [-0.15, -0.1) is 0 Å². The first-order chi connectivity index (χ1) is 10.6. The van der Waals surface area contributed by atoms with E-state index in [0.29, 0.717) is 0 Å². The molecule has 0 atom stereocenters. The normalized spacial score (nSPS) is 11.5. The molecule has 0 aliphatic carbocycles. The summed E-state index contributed by atoms with van der Waals surface area (Å²) >= 11 is 0. The van der Waals surface area contributed by atoms with Crippen LogP contribution in [0.5, 0.6) is 0 Å². The van der Waals surface area contributed by atoms with Crippen molar-refractivity contribution in [1.29, 1.82) is 0 Å². The van der Waals surface area contributed by atoms with Gasteiger partial charge in [0.2, 0.25) is 0 Å². The number of carbonyl (C=O) groups excluding carboxylic acids is 2. The number of hydrogen-bond donors (Lipinski definition) is 1. The number of nitrogens with two attached hydrogens (primary N) is 1. The van der Waals surface area contributed by atoms with Crippen LogP contribution in [0.3, 0.4) is 0 Å². The summed E-state index contributed by atoms with van der Waals surface area (Å²) in [6.45, 7) is 1.00. The van der Waals surface area contributed by atoms with Crippen LogP contribution in [0, 0.1) is 0 Å². The van der Waals surface area contributed by atoms with Crippen LogP contribution in [0.1, 0.15) is 45.5 Å². The van der Waals surface area contributed by atoms with Gasteiger partial charge in [-0.2, -0.15) is 13.2 Å². The van der Waals surface area contributed by atoms with E-state index < -0.39 is 52.7 Å². The molecule has 0 bridgehead atoms. The molecule has 0 amide bonds. The first-order valence-corrected chi connectivity index (χ1v) is 6.00. The van der Waals surface area contributed by atoms with Gasteiger partial charge in [0, 0.05) is 0 Å². The van der Waals surface area contributed by atoms with Crippen molar-refractivity contribution in [1.82, 2.24) is 4.98 Å². The molecule has 1 rings (SSSR count). The minimum Gasteiger partial charge on any atom is -0.465 e. The molecule has 0 spiro atoms. The highest BCUT2D eigenvalue weighted by atomic mass is 19.4. The van der Waals surface area contributed by atoms with E-state index in [1.807, 2.05) is 0 Å². The van der Waals surface area contributed by atoms with Crippen LogP contribution in [-0.2, 0) is 15.7 Å². The lowest BCUT2D eigenvalue weighted by Gasteiger charge is -2.18. The van der Waals surface area contributed by atoms with E-state index in [1.54, 1.807) is 0 Å². The van der Waals surface area contributed by atoms with Crippen LogP contribution in [0.15, 0.2) is 0 Å². The van der Waals surface area contributed by atoms with Crippen LogP contribution in [-0.4, -0.2) is 30.6 Å². The highest BCUT2D eigenvalue weighted by Gasteiger charge is 2.42. The van der Waals surface area contributed by atoms with Gasteiger partial charge < -0.3 is 15.2 Å². The monoisotopic (exact) mass is 342 g/mol. The van der Waals surface area contributed by atoms with Crippen molar-refractivity contribution in [2.45, 2.75) is 19.5 Å². The second-order valence-corrected chi connectivity index (χ2v) is 4.02. The fourth-order valence-corrected chi connectivity index (χ4v) is 1.71. The first-order valence-electron chi connectivity index (χ1n) is 6.00. The summed E-state index contributed by atoms with van der Waals surface area (Å²) in [5.74, 6) is -3.00. The van der Waals surface area contributed by atoms with Crippen LogP contribution in [0.25, 0.3) is 0 Å². The summed E-state index contributed by atoms with van der Waals surface area (Å²) in [7, 11) is 0.804. The molecule has 0 radical (unpaired) electrons. The van der Waals surface area contributed by atoms with Gasteiger partial charge in [0.15, 0.2) is 5.69 Å². The molecule has 23 heavy (non-hydrogen) atoms. The van der Waals surface area contributed by atoms with E-state index in [1.165, 1.54) is 6.92 Å². The van der Waals surface area contributed by atoms with E-state index in [2.05, 4.69) is 14.5 Å². The Morgan fingerprint density at radius 1 is 1.22 bits per heavy atom. The smallest absolute Gasteiger partial charge is 0.434 e. The van der Waals surface area contributed by atoms with Crippen molar-refractivity contribution in [2.75, 3.05) is 19.5 Å². The number of ether oxygens (including phenoxy) is 2. The number of alkyl halides is 5. The number of carbonyl (C=O) groups is 2. The minimum atomic E-state index is -5.27. The lowest BCUT2D eigenvalue weighted by atomic mass is 10.0. The van der Waals surface area contributed by atoms with Crippen LogP contribution in [0.4, 0.5) is 27.6 Å². The zero-order valence-corrected chi connectivity index (χ0v) is 11.8. The maximum Gasteiger partial charge on any atom is 0.434 e. The molecule has 11 heteroatoms. The quantitative estimate of drug-likeness (QED) is 0.668. The lowest BCUT2D eigenvalue weighted by molar-refractivity contribution is -0.142. The Bertz CT molecular complexity index is 631. The van der Waals surface area contributed by atoms with Crippen molar-refractivity contribution < 1.29 is 41.0 Å². The third-order valence-electron chi connectivity index (χ3n) is 2.61.